The van der Waals surface area contributed by atoms with Crippen molar-refractivity contribution >= 4 is 45.7 Å². The molecule has 1 aromatic heterocycles. The van der Waals surface area contributed by atoms with Crippen LogP contribution in [-0.4, -0.2) is 23.3 Å². The second-order valence-corrected chi connectivity index (χ2v) is 9.34. The number of amides is 2. The average Bonchev–Trinajstić information content (AvgIpc) is 3.36. The van der Waals surface area contributed by atoms with E-state index < -0.39 is 5.92 Å². The van der Waals surface area contributed by atoms with Crippen LogP contribution in [0.2, 0.25) is 0 Å². The van der Waals surface area contributed by atoms with Gasteiger partial charge in [0.05, 0.1) is 11.6 Å². The van der Waals surface area contributed by atoms with Gasteiger partial charge in [-0.05, 0) is 36.8 Å². The van der Waals surface area contributed by atoms with Crippen LogP contribution in [0.5, 0.6) is 0 Å². The van der Waals surface area contributed by atoms with Gasteiger partial charge in [0, 0.05) is 35.5 Å². The highest BCUT2D eigenvalue weighted by Gasteiger charge is 2.35. The van der Waals surface area contributed by atoms with E-state index in [4.69, 9.17) is 0 Å². The summed E-state index contributed by atoms with van der Waals surface area (Å²) in [6, 6.07) is 14.2. The number of carbonyl (C=O) groups is 2. The van der Waals surface area contributed by atoms with Crippen molar-refractivity contribution in [2.75, 3.05) is 16.8 Å². The summed E-state index contributed by atoms with van der Waals surface area (Å²) in [5, 5.41) is 5.33. The maximum absolute atomic E-state index is 13.0. The SMILES string of the molecule is Cc1ccc(N2CC(C(=O)Nc3nc(CSCc4ccc(F)cc4)cs3)CC2=O)cc1. The van der Waals surface area contributed by atoms with Gasteiger partial charge in [-0.2, -0.15) is 11.8 Å². The fraction of sp³-hybridized carbons (Fsp3) is 0.261. The van der Waals surface area contributed by atoms with Crippen LogP contribution in [0.4, 0.5) is 15.2 Å². The van der Waals surface area contributed by atoms with Crippen LogP contribution >= 0.6 is 23.1 Å². The number of halogens is 1. The number of hydrogen-bond acceptors (Lipinski definition) is 5. The molecule has 0 bridgehead atoms. The number of nitrogens with zero attached hydrogens (tertiary/aromatic N) is 2. The Hall–Kier alpha value is -2.71. The predicted octanol–water partition coefficient (Wildman–Crippen LogP) is 5.02. The topological polar surface area (TPSA) is 62.3 Å². The lowest BCUT2D eigenvalue weighted by Gasteiger charge is -2.16. The molecular weight excluding hydrogens is 433 g/mol. The zero-order valence-corrected chi connectivity index (χ0v) is 18.6. The van der Waals surface area contributed by atoms with Crippen molar-refractivity contribution in [1.29, 1.82) is 0 Å². The number of aromatic nitrogens is 1. The number of benzene rings is 2. The Morgan fingerprint density at radius 1 is 1.19 bits per heavy atom. The molecular formula is C23H22FN3O2S2. The van der Waals surface area contributed by atoms with Crippen molar-refractivity contribution in [3.05, 3.63) is 76.5 Å². The van der Waals surface area contributed by atoms with E-state index in [9.17, 15) is 14.0 Å². The maximum atomic E-state index is 13.0. The molecule has 160 valence electrons. The Morgan fingerprint density at radius 2 is 1.94 bits per heavy atom. The highest BCUT2D eigenvalue weighted by atomic mass is 32.2. The van der Waals surface area contributed by atoms with Gasteiger partial charge in [-0.25, -0.2) is 9.37 Å². The minimum Gasteiger partial charge on any atom is -0.312 e. The van der Waals surface area contributed by atoms with E-state index in [0.717, 1.165) is 28.3 Å². The molecule has 5 nitrogen and oxygen atoms in total. The molecule has 0 radical (unpaired) electrons. The van der Waals surface area contributed by atoms with Crippen molar-refractivity contribution in [3.8, 4) is 0 Å². The molecule has 1 fully saturated rings. The summed E-state index contributed by atoms with van der Waals surface area (Å²) >= 11 is 3.06. The summed E-state index contributed by atoms with van der Waals surface area (Å²) in [5.41, 5.74) is 3.89. The minimum absolute atomic E-state index is 0.0407. The second kappa shape index (κ2) is 9.62. The van der Waals surface area contributed by atoms with Gasteiger partial charge in [0.1, 0.15) is 5.82 Å². The molecule has 2 aromatic carbocycles. The van der Waals surface area contributed by atoms with Gasteiger partial charge in [-0.15, -0.1) is 11.3 Å². The van der Waals surface area contributed by atoms with Crippen LogP contribution in [0.3, 0.4) is 0 Å². The quantitative estimate of drug-likeness (QED) is 0.544. The highest BCUT2D eigenvalue weighted by molar-refractivity contribution is 7.97. The maximum Gasteiger partial charge on any atom is 0.231 e. The third kappa shape index (κ3) is 5.51. The van der Waals surface area contributed by atoms with E-state index in [1.807, 2.05) is 36.6 Å². The molecule has 4 rings (SSSR count). The predicted molar refractivity (Wildman–Crippen MR) is 124 cm³/mol. The molecule has 0 spiro atoms. The largest absolute Gasteiger partial charge is 0.312 e. The summed E-state index contributed by atoms with van der Waals surface area (Å²) in [6.07, 6.45) is 0.200. The number of hydrogen-bond donors (Lipinski definition) is 1. The summed E-state index contributed by atoms with van der Waals surface area (Å²) in [7, 11) is 0. The van der Waals surface area contributed by atoms with Gasteiger partial charge < -0.3 is 10.2 Å². The normalized spacial score (nSPS) is 16.0. The van der Waals surface area contributed by atoms with Crippen molar-refractivity contribution in [2.45, 2.75) is 24.9 Å². The lowest BCUT2D eigenvalue weighted by Crippen LogP contribution is -2.28. The van der Waals surface area contributed by atoms with Crippen LogP contribution < -0.4 is 10.2 Å². The van der Waals surface area contributed by atoms with Crippen LogP contribution in [0.15, 0.2) is 53.9 Å². The first-order valence-electron chi connectivity index (χ1n) is 9.92. The fourth-order valence-electron chi connectivity index (χ4n) is 3.35. The highest BCUT2D eigenvalue weighted by Crippen LogP contribution is 2.27. The Morgan fingerprint density at radius 3 is 2.68 bits per heavy atom. The Bertz CT molecular complexity index is 1070. The third-order valence-electron chi connectivity index (χ3n) is 5.06. The molecule has 2 heterocycles. The zero-order valence-electron chi connectivity index (χ0n) is 17.0. The molecule has 0 saturated carbocycles. The lowest BCUT2D eigenvalue weighted by atomic mass is 10.1. The molecule has 3 aromatic rings. The molecule has 2 amide bonds. The van der Waals surface area contributed by atoms with E-state index in [0.29, 0.717) is 17.4 Å². The standard InChI is InChI=1S/C23H22FN3O2S2/c1-15-2-8-20(9-3-15)27-11-17(10-21(27)28)22(29)26-23-25-19(14-31-23)13-30-12-16-4-6-18(24)7-5-16/h2-9,14,17H,10-13H2,1H3,(H,25,26,29). The molecule has 1 unspecified atom stereocenters. The van der Waals surface area contributed by atoms with E-state index >= 15 is 0 Å². The summed E-state index contributed by atoms with van der Waals surface area (Å²) in [6.45, 7) is 2.37. The monoisotopic (exact) mass is 455 g/mol. The van der Waals surface area contributed by atoms with E-state index in [2.05, 4.69) is 10.3 Å². The van der Waals surface area contributed by atoms with Gasteiger partial charge in [0.15, 0.2) is 5.13 Å². The van der Waals surface area contributed by atoms with Gasteiger partial charge in [0.25, 0.3) is 0 Å². The fourth-order valence-corrected chi connectivity index (χ4v) is 5.06. The molecule has 1 saturated heterocycles. The number of aryl methyl sites for hydroxylation is 1. The summed E-state index contributed by atoms with van der Waals surface area (Å²) < 4.78 is 13.0. The smallest absolute Gasteiger partial charge is 0.231 e. The Balaban J connectivity index is 1.28. The van der Waals surface area contributed by atoms with E-state index in [1.165, 1.54) is 23.5 Å². The van der Waals surface area contributed by atoms with Crippen LogP contribution in [0, 0.1) is 18.7 Å². The average molecular weight is 456 g/mol. The first-order valence-corrected chi connectivity index (χ1v) is 12.0. The number of rotatable bonds is 7. The van der Waals surface area contributed by atoms with Gasteiger partial charge in [-0.1, -0.05) is 29.8 Å². The Kier molecular flexibility index (Phi) is 6.67. The number of carbonyl (C=O) groups excluding carboxylic acids is 2. The first kappa shape index (κ1) is 21.5. The van der Waals surface area contributed by atoms with Gasteiger partial charge >= 0.3 is 0 Å². The number of nitrogens with one attached hydrogen (secondary N) is 1. The Labute approximate surface area is 188 Å². The molecule has 1 aliphatic rings. The number of thiazole rings is 1. The zero-order chi connectivity index (χ0) is 21.8. The summed E-state index contributed by atoms with van der Waals surface area (Å²) in [5.74, 6) is 0.614. The molecule has 1 atom stereocenters. The van der Waals surface area contributed by atoms with Crippen molar-refractivity contribution in [2.24, 2.45) is 5.92 Å². The first-order chi connectivity index (χ1) is 15.0. The van der Waals surface area contributed by atoms with Crippen molar-refractivity contribution < 1.29 is 14.0 Å². The lowest BCUT2D eigenvalue weighted by molar-refractivity contribution is -0.122. The number of anilines is 2. The molecule has 1 N–H and O–H groups in total. The van der Waals surface area contributed by atoms with Crippen LogP contribution in [0.1, 0.15) is 23.2 Å². The second-order valence-electron chi connectivity index (χ2n) is 7.49. The molecule has 8 heteroatoms. The summed E-state index contributed by atoms with van der Waals surface area (Å²) in [4.78, 5) is 31.2. The van der Waals surface area contributed by atoms with Gasteiger partial charge in [0.2, 0.25) is 11.8 Å². The molecule has 0 aliphatic carbocycles. The molecule has 1 aliphatic heterocycles. The number of thioether (sulfide) groups is 1. The third-order valence-corrected chi connectivity index (χ3v) is 6.90. The molecule has 31 heavy (non-hydrogen) atoms. The van der Waals surface area contributed by atoms with Crippen LogP contribution in [0.25, 0.3) is 0 Å². The minimum atomic E-state index is -0.394. The van der Waals surface area contributed by atoms with Crippen LogP contribution in [-0.2, 0) is 21.1 Å². The van der Waals surface area contributed by atoms with Gasteiger partial charge in [-0.3, -0.25) is 9.59 Å². The van der Waals surface area contributed by atoms with Crippen molar-refractivity contribution in [3.63, 3.8) is 0 Å². The van der Waals surface area contributed by atoms with Crippen molar-refractivity contribution in [1.82, 2.24) is 4.98 Å². The van der Waals surface area contributed by atoms with E-state index in [1.54, 1.807) is 28.8 Å². The van der Waals surface area contributed by atoms with E-state index in [-0.39, 0.29) is 24.1 Å².